The van der Waals surface area contributed by atoms with Crippen molar-refractivity contribution in [2.24, 2.45) is 16.6 Å². The Kier molecular flexibility index (Phi) is 6.76. The third kappa shape index (κ3) is 5.57. The van der Waals surface area contributed by atoms with Gasteiger partial charge in [0.15, 0.2) is 0 Å². The van der Waals surface area contributed by atoms with Gasteiger partial charge in [-0.25, -0.2) is 4.98 Å². The zero-order valence-electron chi connectivity index (χ0n) is 14.6. The average Bonchev–Trinajstić information content (AvgIpc) is 2.61. The van der Waals surface area contributed by atoms with Crippen LogP contribution in [0.4, 0.5) is 19.0 Å². The molecule has 0 aromatic carbocycles. The van der Waals surface area contributed by atoms with Gasteiger partial charge in [0, 0.05) is 29.9 Å². The number of anilines is 1. The summed E-state index contributed by atoms with van der Waals surface area (Å²) in [4.78, 5) is 20.5. The van der Waals surface area contributed by atoms with Crippen molar-refractivity contribution in [3.8, 4) is 0 Å². The van der Waals surface area contributed by atoms with Gasteiger partial charge in [0.1, 0.15) is 11.5 Å². The quantitative estimate of drug-likeness (QED) is 0.829. The first-order valence-corrected chi connectivity index (χ1v) is 8.60. The number of amides is 1. The number of alkyl halides is 3. The Hall–Kier alpha value is -2.38. The number of aliphatic imine (C=N–C) groups is 1. The lowest BCUT2D eigenvalue weighted by molar-refractivity contribution is -0.119. The second-order valence-corrected chi connectivity index (χ2v) is 6.32. The van der Waals surface area contributed by atoms with E-state index in [0.29, 0.717) is 37.2 Å². The first kappa shape index (κ1) is 19.9. The Bertz CT molecular complexity index is 683. The molecule has 1 saturated carbocycles. The molecule has 142 valence electrons. The van der Waals surface area contributed by atoms with Crippen molar-refractivity contribution in [2.45, 2.75) is 45.2 Å². The Balaban J connectivity index is 1.96. The van der Waals surface area contributed by atoms with E-state index in [9.17, 15) is 18.0 Å². The molecule has 3 N–H and O–H groups in total. The van der Waals surface area contributed by atoms with Crippen LogP contribution in [0, 0.1) is 5.92 Å². The van der Waals surface area contributed by atoms with Gasteiger partial charge in [-0.05, 0) is 44.2 Å². The lowest BCUT2D eigenvalue weighted by atomic mass is 9.91. The van der Waals surface area contributed by atoms with Crippen LogP contribution in [0.15, 0.2) is 40.7 Å². The zero-order valence-corrected chi connectivity index (χ0v) is 14.6. The molecule has 1 aromatic rings. The van der Waals surface area contributed by atoms with E-state index < -0.39 is 11.9 Å². The molecule has 0 saturated heterocycles. The van der Waals surface area contributed by atoms with Gasteiger partial charge in [0.05, 0.1) is 0 Å². The maximum Gasteiger partial charge on any atom is 0.431 e. The van der Waals surface area contributed by atoms with Crippen LogP contribution in [0.3, 0.4) is 0 Å². The minimum absolute atomic E-state index is 0.106. The number of hydrogen-bond donors (Lipinski definition) is 2. The van der Waals surface area contributed by atoms with Crippen molar-refractivity contribution < 1.29 is 18.0 Å². The van der Waals surface area contributed by atoms with E-state index in [0.717, 1.165) is 6.42 Å². The minimum Gasteiger partial charge on any atom is -0.394 e. The van der Waals surface area contributed by atoms with Crippen LogP contribution in [0.1, 0.15) is 39.0 Å². The van der Waals surface area contributed by atoms with E-state index in [4.69, 9.17) is 5.73 Å². The van der Waals surface area contributed by atoms with Crippen LogP contribution in [-0.2, 0) is 4.79 Å². The van der Waals surface area contributed by atoms with E-state index in [1.807, 2.05) is 0 Å². The second kappa shape index (κ2) is 8.82. The summed E-state index contributed by atoms with van der Waals surface area (Å²) in [5.41, 5.74) is 4.77. The predicted molar refractivity (Wildman–Crippen MR) is 94.7 cm³/mol. The molecule has 1 unspecified atom stereocenters. The predicted octanol–water partition coefficient (Wildman–Crippen LogP) is 3.84. The van der Waals surface area contributed by atoms with E-state index in [2.05, 4.69) is 15.3 Å². The molecule has 1 atom stereocenters. The average molecular weight is 368 g/mol. The summed E-state index contributed by atoms with van der Waals surface area (Å²) < 4.78 is 38.6. The number of carbonyl (C=O) groups excluding carboxylic acids is 1. The number of nitrogens with two attached hydrogens (primary N) is 1. The number of nitrogens with zero attached hydrogens (tertiary/aromatic N) is 2. The third-order valence-electron chi connectivity index (χ3n) is 4.30. The van der Waals surface area contributed by atoms with E-state index in [1.165, 1.54) is 0 Å². The first-order valence-electron chi connectivity index (χ1n) is 8.60. The number of allylic oxidation sites excluding steroid dienone is 2. The lowest BCUT2D eigenvalue weighted by Gasteiger charge is -2.21. The van der Waals surface area contributed by atoms with E-state index in [-0.39, 0.29) is 23.9 Å². The number of aromatic nitrogens is 1. The van der Waals surface area contributed by atoms with Gasteiger partial charge >= 0.3 is 6.18 Å². The highest BCUT2D eigenvalue weighted by Crippen LogP contribution is 2.30. The molecular formula is C18H23F3N4O. The van der Waals surface area contributed by atoms with Crippen LogP contribution in [-0.4, -0.2) is 29.3 Å². The fraction of sp³-hybridized carbons (Fsp3) is 0.500. The highest BCUT2D eigenvalue weighted by atomic mass is 19.4. The standard InChI is InChI=1S/C18H23F3N4O/c1-12(17(26)25-15-8-4-5-10-24-15)9-11-23-14-7-3-2-6-13(14)16(22)18(19,20)21/h4-5,8,10,12H,2-3,6-7,9,11,22H2,1H3,(H,24,25,26). The molecule has 1 amide bonds. The Morgan fingerprint density at radius 1 is 1.35 bits per heavy atom. The van der Waals surface area contributed by atoms with Crippen molar-refractivity contribution in [3.63, 3.8) is 0 Å². The summed E-state index contributed by atoms with van der Waals surface area (Å²) in [6, 6.07) is 5.20. The summed E-state index contributed by atoms with van der Waals surface area (Å²) in [5, 5.41) is 2.70. The molecule has 5 nitrogen and oxygen atoms in total. The number of hydrogen-bond acceptors (Lipinski definition) is 4. The van der Waals surface area contributed by atoms with Crippen molar-refractivity contribution in [1.82, 2.24) is 4.98 Å². The van der Waals surface area contributed by atoms with Crippen molar-refractivity contribution in [1.29, 1.82) is 0 Å². The Labute approximate surface area is 150 Å². The molecule has 1 heterocycles. The first-order chi connectivity index (χ1) is 12.3. The van der Waals surface area contributed by atoms with Gasteiger partial charge in [-0.2, -0.15) is 13.2 Å². The van der Waals surface area contributed by atoms with Gasteiger partial charge < -0.3 is 11.1 Å². The van der Waals surface area contributed by atoms with Crippen molar-refractivity contribution in [3.05, 3.63) is 35.7 Å². The van der Waals surface area contributed by atoms with Gasteiger partial charge in [-0.3, -0.25) is 9.79 Å². The topological polar surface area (TPSA) is 80.4 Å². The molecule has 1 fully saturated rings. The van der Waals surface area contributed by atoms with Gasteiger partial charge in [-0.15, -0.1) is 0 Å². The lowest BCUT2D eigenvalue weighted by Crippen LogP contribution is -2.26. The number of carbonyl (C=O) groups is 1. The number of pyridine rings is 1. The Morgan fingerprint density at radius 2 is 2.08 bits per heavy atom. The molecular weight excluding hydrogens is 345 g/mol. The maximum absolute atomic E-state index is 12.9. The summed E-state index contributed by atoms with van der Waals surface area (Å²) in [5.74, 6) is -0.0680. The van der Waals surface area contributed by atoms with Crippen LogP contribution in [0.2, 0.25) is 0 Å². The van der Waals surface area contributed by atoms with Crippen LogP contribution in [0.5, 0.6) is 0 Å². The molecule has 1 aliphatic rings. The van der Waals surface area contributed by atoms with Crippen LogP contribution >= 0.6 is 0 Å². The molecule has 0 radical (unpaired) electrons. The van der Waals surface area contributed by atoms with Gasteiger partial charge in [0.25, 0.3) is 0 Å². The zero-order chi connectivity index (χ0) is 19.2. The number of halogens is 3. The van der Waals surface area contributed by atoms with E-state index in [1.54, 1.807) is 31.3 Å². The van der Waals surface area contributed by atoms with E-state index >= 15 is 0 Å². The summed E-state index contributed by atoms with van der Waals surface area (Å²) in [7, 11) is 0. The molecule has 2 rings (SSSR count). The molecule has 1 aliphatic carbocycles. The fourth-order valence-electron chi connectivity index (χ4n) is 2.74. The number of nitrogens with one attached hydrogen (secondary N) is 1. The summed E-state index contributed by atoms with van der Waals surface area (Å²) >= 11 is 0. The molecule has 0 bridgehead atoms. The largest absolute Gasteiger partial charge is 0.431 e. The van der Waals surface area contributed by atoms with Crippen molar-refractivity contribution >= 4 is 17.4 Å². The maximum atomic E-state index is 12.9. The Morgan fingerprint density at radius 3 is 2.73 bits per heavy atom. The molecule has 0 aliphatic heterocycles. The molecule has 8 heteroatoms. The number of rotatable bonds is 5. The molecule has 26 heavy (non-hydrogen) atoms. The second-order valence-electron chi connectivity index (χ2n) is 6.32. The molecule has 0 spiro atoms. The highest BCUT2D eigenvalue weighted by Gasteiger charge is 2.35. The summed E-state index contributed by atoms with van der Waals surface area (Å²) in [6.07, 6.45) is -0.281. The monoisotopic (exact) mass is 368 g/mol. The van der Waals surface area contributed by atoms with Gasteiger partial charge in [0.2, 0.25) is 5.91 Å². The molecule has 1 aromatic heterocycles. The highest BCUT2D eigenvalue weighted by molar-refractivity contribution is 6.01. The normalized spacial score (nSPS) is 19.9. The fourth-order valence-corrected chi connectivity index (χ4v) is 2.74. The SMILES string of the molecule is CC(CCN=C1CCCCC1=C(N)C(F)(F)F)C(=O)Nc1ccccn1. The minimum atomic E-state index is -4.54. The summed E-state index contributed by atoms with van der Waals surface area (Å²) in [6.45, 7) is 2.03. The van der Waals surface area contributed by atoms with Gasteiger partial charge in [-0.1, -0.05) is 13.0 Å². The van der Waals surface area contributed by atoms with Crippen LogP contribution < -0.4 is 11.1 Å². The smallest absolute Gasteiger partial charge is 0.394 e. The van der Waals surface area contributed by atoms with Crippen molar-refractivity contribution in [2.75, 3.05) is 11.9 Å². The van der Waals surface area contributed by atoms with Crippen LogP contribution in [0.25, 0.3) is 0 Å². The third-order valence-corrected chi connectivity index (χ3v) is 4.30.